The van der Waals surface area contributed by atoms with E-state index in [1.165, 1.54) is 22.3 Å². The van der Waals surface area contributed by atoms with Crippen LogP contribution in [-0.2, 0) is 0 Å². The average molecular weight is 475 g/mol. The molecule has 0 aromatic heterocycles. The van der Waals surface area contributed by atoms with Gasteiger partial charge in [-0.2, -0.15) is 0 Å². The second-order valence-electron chi connectivity index (χ2n) is 8.99. The van der Waals surface area contributed by atoms with Gasteiger partial charge in [0.25, 0.3) is 0 Å². The van der Waals surface area contributed by atoms with Gasteiger partial charge < -0.3 is 4.74 Å². The van der Waals surface area contributed by atoms with Gasteiger partial charge in [0.1, 0.15) is 11.5 Å². The van der Waals surface area contributed by atoms with Crippen LogP contribution in [0, 0.1) is 0 Å². The maximum Gasteiger partial charge on any atom is 0.135 e. The van der Waals surface area contributed by atoms with E-state index in [2.05, 4.69) is 121 Å². The van der Waals surface area contributed by atoms with Crippen molar-refractivity contribution in [2.24, 2.45) is 0 Å². The minimum absolute atomic E-state index is 0.833. The van der Waals surface area contributed by atoms with Gasteiger partial charge in [0, 0.05) is 11.1 Å². The van der Waals surface area contributed by atoms with Crippen molar-refractivity contribution in [3.8, 4) is 56.0 Å². The first-order valence-corrected chi connectivity index (χ1v) is 12.5. The Morgan fingerprint density at radius 1 is 0.270 bits per heavy atom. The first-order chi connectivity index (χ1) is 18.3. The fourth-order valence-electron chi connectivity index (χ4n) is 4.70. The predicted molar refractivity (Wildman–Crippen MR) is 155 cm³/mol. The van der Waals surface area contributed by atoms with Crippen LogP contribution in [0.5, 0.6) is 11.5 Å². The van der Waals surface area contributed by atoms with E-state index in [1.807, 2.05) is 36.4 Å². The number of para-hydroxylation sites is 2. The quantitative estimate of drug-likeness (QED) is 0.233. The molecule has 0 N–H and O–H groups in total. The Kier molecular flexibility index (Phi) is 6.34. The number of rotatable bonds is 6. The molecule has 6 rings (SSSR count). The van der Waals surface area contributed by atoms with Crippen molar-refractivity contribution in [1.82, 2.24) is 0 Å². The molecule has 0 aliphatic rings. The molecular formula is C36H26O. The third-order valence-corrected chi connectivity index (χ3v) is 6.56. The van der Waals surface area contributed by atoms with Gasteiger partial charge in [-0.1, -0.05) is 133 Å². The molecule has 0 saturated heterocycles. The SMILES string of the molecule is c1ccc(-c2cccc(-c3ccccc3Oc3ccccc3-c3cccc(-c4ccccc4)c3)c2)cc1. The van der Waals surface area contributed by atoms with Crippen LogP contribution in [0.2, 0.25) is 0 Å². The molecule has 0 saturated carbocycles. The Labute approximate surface area is 218 Å². The molecule has 0 spiro atoms. The van der Waals surface area contributed by atoms with Gasteiger partial charge in [-0.3, -0.25) is 0 Å². The highest BCUT2D eigenvalue weighted by Gasteiger charge is 2.12. The number of ether oxygens (including phenoxy) is 1. The summed E-state index contributed by atoms with van der Waals surface area (Å²) in [5.74, 6) is 1.67. The molecular weight excluding hydrogens is 448 g/mol. The molecule has 0 radical (unpaired) electrons. The maximum atomic E-state index is 6.64. The largest absolute Gasteiger partial charge is 0.456 e. The summed E-state index contributed by atoms with van der Waals surface area (Å²) in [4.78, 5) is 0. The van der Waals surface area contributed by atoms with Gasteiger partial charge >= 0.3 is 0 Å². The van der Waals surface area contributed by atoms with Crippen molar-refractivity contribution in [3.63, 3.8) is 0 Å². The van der Waals surface area contributed by atoms with E-state index in [9.17, 15) is 0 Å². The normalized spacial score (nSPS) is 10.7. The zero-order valence-electron chi connectivity index (χ0n) is 20.4. The molecule has 1 heteroatoms. The van der Waals surface area contributed by atoms with Gasteiger partial charge in [0.15, 0.2) is 0 Å². The third kappa shape index (κ3) is 4.94. The summed E-state index contributed by atoms with van der Waals surface area (Å²) in [6.45, 7) is 0. The Balaban J connectivity index is 1.37. The van der Waals surface area contributed by atoms with E-state index in [0.29, 0.717) is 0 Å². The number of hydrogen-bond donors (Lipinski definition) is 0. The molecule has 176 valence electrons. The van der Waals surface area contributed by atoms with Crippen molar-refractivity contribution in [3.05, 3.63) is 158 Å². The summed E-state index contributed by atoms with van der Waals surface area (Å²) in [6, 6.07) is 54.7. The van der Waals surface area contributed by atoms with E-state index >= 15 is 0 Å². The third-order valence-electron chi connectivity index (χ3n) is 6.56. The van der Waals surface area contributed by atoms with Gasteiger partial charge in [0.05, 0.1) is 0 Å². The first kappa shape index (κ1) is 22.6. The first-order valence-electron chi connectivity index (χ1n) is 12.5. The van der Waals surface area contributed by atoms with Crippen molar-refractivity contribution in [1.29, 1.82) is 0 Å². The van der Waals surface area contributed by atoms with E-state index in [4.69, 9.17) is 4.74 Å². The van der Waals surface area contributed by atoms with Crippen LogP contribution in [0.1, 0.15) is 0 Å². The number of hydrogen-bond acceptors (Lipinski definition) is 1. The zero-order chi connectivity index (χ0) is 24.9. The molecule has 0 bridgehead atoms. The minimum Gasteiger partial charge on any atom is -0.456 e. The highest BCUT2D eigenvalue weighted by molar-refractivity contribution is 5.79. The van der Waals surface area contributed by atoms with Crippen molar-refractivity contribution in [2.75, 3.05) is 0 Å². The summed E-state index contributed by atoms with van der Waals surface area (Å²) >= 11 is 0. The second-order valence-corrected chi connectivity index (χ2v) is 8.99. The molecule has 0 aliphatic carbocycles. The van der Waals surface area contributed by atoms with Crippen LogP contribution < -0.4 is 4.74 Å². The van der Waals surface area contributed by atoms with Crippen LogP contribution >= 0.6 is 0 Å². The Hall–Kier alpha value is -4.88. The molecule has 0 atom stereocenters. The van der Waals surface area contributed by atoms with Crippen LogP contribution in [0.15, 0.2) is 158 Å². The molecule has 6 aromatic rings. The van der Waals surface area contributed by atoms with Gasteiger partial charge in [-0.05, 0) is 57.6 Å². The maximum absolute atomic E-state index is 6.64. The van der Waals surface area contributed by atoms with Crippen LogP contribution in [0.4, 0.5) is 0 Å². The van der Waals surface area contributed by atoms with Crippen LogP contribution in [-0.4, -0.2) is 0 Å². The van der Waals surface area contributed by atoms with Gasteiger partial charge in [-0.25, -0.2) is 0 Å². The Morgan fingerprint density at radius 2 is 0.622 bits per heavy atom. The monoisotopic (exact) mass is 474 g/mol. The predicted octanol–water partition coefficient (Wildman–Crippen LogP) is 10.1. The van der Waals surface area contributed by atoms with Gasteiger partial charge in [-0.15, -0.1) is 0 Å². The molecule has 0 unspecified atom stereocenters. The summed E-state index contributed by atoms with van der Waals surface area (Å²) in [6.07, 6.45) is 0. The summed E-state index contributed by atoms with van der Waals surface area (Å²) < 4.78 is 6.64. The highest BCUT2D eigenvalue weighted by atomic mass is 16.5. The van der Waals surface area contributed by atoms with Crippen LogP contribution in [0.3, 0.4) is 0 Å². The van der Waals surface area contributed by atoms with Crippen LogP contribution in [0.25, 0.3) is 44.5 Å². The molecule has 0 fully saturated rings. The lowest BCUT2D eigenvalue weighted by molar-refractivity contribution is 0.486. The Morgan fingerprint density at radius 3 is 1.08 bits per heavy atom. The zero-order valence-corrected chi connectivity index (χ0v) is 20.4. The highest BCUT2D eigenvalue weighted by Crippen LogP contribution is 2.39. The Bertz CT molecular complexity index is 1510. The summed E-state index contributed by atoms with van der Waals surface area (Å²) in [5.41, 5.74) is 9.15. The number of benzene rings is 6. The smallest absolute Gasteiger partial charge is 0.135 e. The van der Waals surface area contributed by atoms with Crippen molar-refractivity contribution in [2.45, 2.75) is 0 Å². The molecule has 0 heterocycles. The van der Waals surface area contributed by atoms with E-state index < -0.39 is 0 Å². The fraction of sp³-hybridized carbons (Fsp3) is 0. The molecule has 1 nitrogen and oxygen atoms in total. The molecule has 6 aromatic carbocycles. The van der Waals surface area contributed by atoms with Crippen molar-refractivity contribution >= 4 is 0 Å². The van der Waals surface area contributed by atoms with E-state index in [1.54, 1.807) is 0 Å². The lowest BCUT2D eigenvalue weighted by Gasteiger charge is -2.16. The molecule has 0 aliphatic heterocycles. The van der Waals surface area contributed by atoms with Gasteiger partial charge in [0.2, 0.25) is 0 Å². The summed E-state index contributed by atoms with van der Waals surface area (Å²) in [7, 11) is 0. The average Bonchev–Trinajstić information content (AvgIpc) is 2.99. The topological polar surface area (TPSA) is 9.23 Å². The fourth-order valence-corrected chi connectivity index (χ4v) is 4.70. The molecule has 0 amide bonds. The van der Waals surface area contributed by atoms with Crippen molar-refractivity contribution < 1.29 is 4.74 Å². The van der Waals surface area contributed by atoms with E-state index in [0.717, 1.165) is 33.8 Å². The minimum atomic E-state index is 0.833. The molecule has 37 heavy (non-hydrogen) atoms. The lowest BCUT2D eigenvalue weighted by atomic mass is 9.98. The summed E-state index contributed by atoms with van der Waals surface area (Å²) in [5, 5.41) is 0. The lowest BCUT2D eigenvalue weighted by Crippen LogP contribution is -1.91. The standard InChI is InChI=1S/C36H26O/c1-3-13-27(14-4-1)29-17-11-19-31(25-29)33-21-7-9-23-35(33)37-36-24-10-8-22-34(36)32-20-12-18-30(26-32)28-15-5-2-6-16-28/h1-26H. The van der Waals surface area contributed by atoms with E-state index in [-0.39, 0.29) is 0 Å². The second kappa shape index (κ2) is 10.4.